The van der Waals surface area contributed by atoms with E-state index in [1.807, 2.05) is 0 Å². The van der Waals surface area contributed by atoms with Crippen molar-refractivity contribution >= 4 is 58.0 Å². The van der Waals surface area contributed by atoms with Gasteiger partial charge in [-0.1, -0.05) is 11.3 Å². The molecule has 1 aliphatic rings. The van der Waals surface area contributed by atoms with Crippen molar-refractivity contribution < 1.29 is 38.0 Å². The second-order valence-electron chi connectivity index (χ2n) is 8.66. The average Bonchev–Trinajstić information content (AvgIpc) is 3.40. The Bertz CT molecular complexity index is 1480. The lowest BCUT2D eigenvalue weighted by Gasteiger charge is -2.24. The lowest BCUT2D eigenvalue weighted by atomic mass is 10.1. The molecule has 0 unspecified atom stereocenters. The summed E-state index contributed by atoms with van der Waals surface area (Å²) in [5.41, 5.74) is 0.984. The molecule has 2 atom stereocenters. The highest BCUT2D eigenvalue weighted by Crippen LogP contribution is 2.31. The van der Waals surface area contributed by atoms with Gasteiger partial charge in [-0.3, -0.25) is 19.1 Å². The molecular weight excluding hydrogens is 590 g/mol. The minimum atomic E-state index is -4.69. The van der Waals surface area contributed by atoms with Gasteiger partial charge in [0.2, 0.25) is 11.8 Å². The smallest absolute Gasteiger partial charge is 0.398 e. The molecule has 0 spiro atoms. The number of benzene rings is 1. The van der Waals surface area contributed by atoms with Crippen LogP contribution in [0.2, 0.25) is 0 Å². The number of hydrogen-bond acceptors (Lipinski definition) is 7. The van der Waals surface area contributed by atoms with Gasteiger partial charge in [-0.2, -0.15) is 5.10 Å². The molecule has 38 heavy (non-hydrogen) atoms. The number of aryl methyl sites for hydroxylation is 1. The highest BCUT2D eigenvalue weighted by Gasteiger charge is 2.40. The molecule has 1 fully saturated rings. The normalized spacial score (nSPS) is 17.6. The quantitative estimate of drug-likeness (QED) is 0.128. The molecule has 2 aromatic heterocycles. The fourth-order valence-electron chi connectivity index (χ4n) is 4.07. The first-order chi connectivity index (χ1) is 17.8. The van der Waals surface area contributed by atoms with Gasteiger partial charge in [0.25, 0.3) is 0 Å². The van der Waals surface area contributed by atoms with Crippen LogP contribution in [0.4, 0.5) is 10.2 Å². The summed E-state index contributed by atoms with van der Waals surface area (Å²) in [6.07, 6.45) is -1.62. The van der Waals surface area contributed by atoms with Crippen molar-refractivity contribution in [3.8, 4) is 5.75 Å². The number of fused-ring (bicyclic) bond motifs is 1. The van der Waals surface area contributed by atoms with Gasteiger partial charge in [0.05, 0.1) is 12.1 Å². The Morgan fingerprint density at radius 3 is 2.68 bits per heavy atom. The van der Waals surface area contributed by atoms with E-state index < -0.39 is 38.3 Å². The standard InChI is InChI=1S/C22H23BrFN6O7P/c1-11-3-6-18(23)25-21(11)26-22(33)17-7-13(24)9-29(17)19(32)10-30-16-8-14(37-28-38(34,35)36)4-5-15(16)20(27-30)12(2)31/h3-6,8,13,17H,7,9-10H2,1-2H3,(H,25,26,33)(H3,28,34,35,36)/t13-,17+/m1/s1. The highest BCUT2D eigenvalue weighted by atomic mass is 79.9. The predicted octanol–water partition coefficient (Wildman–Crippen LogP) is 2.26. The Hall–Kier alpha value is -3.23. The number of rotatable bonds is 8. The number of alkyl halides is 1. The Labute approximate surface area is 223 Å². The molecule has 3 heterocycles. The van der Waals surface area contributed by atoms with Crippen LogP contribution in [0, 0.1) is 6.92 Å². The van der Waals surface area contributed by atoms with Crippen molar-refractivity contribution in [2.45, 2.75) is 39.0 Å². The molecule has 0 radical (unpaired) electrons. The van der Waals surface area contributed by atoms with Crippen molar-refractivity contribution in [2.75, 3.05) is 11.9 Å². The second kappa shape index (κ2) is 10.9. The molecule has 3 aromatic rings. The van der Waals surface area contributed by atoms with Crippen LogP contribution in [-0.4, -0.2) is 65.8 Å². The van der Waals surface area contributed by atoms with Crippen LogP contribution in [0.25, 0.3) is 10.9 Å². The number of carbonyl (C=O) groups excluding carboxylic acids is 3. The number of carbonyl (C=O) groups is 3. The van der Waals surface area contributed by atoms with Crippen LogP contribution in [0.15, 0.2) is 34.9 Å². The number of anilines is 1. The largest absolute Gasteiger partial charge is 0.432 e. The molecule has 2 amide bonds. The van der Waals surface area contributed by atoms with Gasteiger partial charge in [0, 0.05) is 24.8 Å². The van der Waals surface area contributed by atoms with E-state index in [0.29, 0.717) is 15.6 Å². The van der Waals surface area contributed by atoms with E-state index in [9.17, 15) is 23.3 Å². The first-order valence-corrected chi connectivity index (χ1v) is 13.6. The van der Waals surface area contributed by atoms with Crippen molar-refractivity contribution in [3.05, 3.63) is 46.2 Å². The SMILES string of the molecule is CC(=O)c1nn(CC(=O)N2C[C@H](F)C[C@H]2C(=O)Nc2nc(Br)ccc2C)c2cc(ONP(=O)(O)O)ccc12. The summed E-state index contributed by atoms with van der Waals surface area (Å²) >= 11 is 3.24. The van der Waals surface area contributed by atoms with Crippen LogP contribution in [0.5, 0.6) is 5.75 Å². The van der Waals surface area contributed by atoms with Crippen LogP contribution >= 0.6 is 23.7 Å². The molecule has 1 aromatic carbocycles. The molecule has 0 bridgehead atoms. The van der Waals surface area contributed by atoms with Gasteiger partial charge in [0.15, 0.2) is 5.78 Å². The number of Topliss-reactive ketones (excluding diaryl/α,β-unsaturated/α-hetero) is 1. The molecule has 16 heteroatoms. The molecule has 13 nitrogen and oxygen atoms in total. The summed E-state index contributed by atoms with van der Waals surface area (Å²) in [6.45, 7) is 2.29. The Kier molecular flexibility index (Phi) is 7.95. The number of hydrogen-bond donors (Lipinski definition) is 4. The molecule has 4 N–H and O–H groups in total. The Morgan fingerprint density at radius 1 is 1.26 bits per heavy atom. The van der Waals surface area contributed by atoms with E-state index in [2.05, 4.69) is 31.3 Å². The number of aromatic nitrogens is 3. The molecule has 1 saturated heterocycles. The third kappa shape index (κ3) is 6.25. The maximum absolute atomic E-state index is 14.4. The number of pyridine rings is 1. The van der Waals surface area contributed by atoms with Gasteiger partial charge >= 0.3 is 7.75 Å². The van der Waals surface area contributed by atoms with Crippen molar-refractivity contribution in [3.63, 3.8) is 0 Å². The van der Waals surface area contributed by atoms with E-state index in [1.165, 1.54) is 29.8 Å². The summed E-state index contributed by atoms with van der Waals surface area (Å²) in [5.74, 6) is -1.35. The van der Waals surface area contributed by atoms with E-state index in [4.69, 9.17) is 14.6 Å². The van der Waals surface area contributed by atoms with Crippen molar-refractivity contribution in [1.82, 2.24) is 24.9 Å². The van der Waals surface area contributed by atoms with Crippen LogP contribution < -0.4 is 15.4 Å². The van der Waals surface area contributed by atoms with Crippen LogP contribution in [0.1, 0.15) is 29.4 Å². The lowest BCUT2D eigenvalue weighted by Crippen LogP contribution is -2.44. The maximum atomic E-state index is 14.4. The van der Waals surface area contributed by atoms with Crippen LogP contribution in [-0.2, 0) is 20.7 Å². The van der Waals surface area contributed by atoms with Crippen molar-refractivity contribution in [2.24, 2.45) is 0 Å². The molecule has 0 aliphatic carbocycles. The minimum absolute atomic E-state index is 0.0244. The fraction of sp³-hybridized carbons (Fsp3) is 0.318. The molecular formula is C22H23BrFN6O7P. The summed E-state index contributed by atoms with van der Waals surface area (Å²) in [7, 11) is -4.69. The highest BCUT2D eigenvalue weighted by molar-refractivity contribution is 9.10. The number of halogens is 2. The van der Waals surface area contributed by atoms with Gasteiger partial charge in [-0.25, -0.2) is 13.9 Å². The number of nitrogens with one attached hydrogen (secondary N) is 2. The minimum Gasteiger partial charge on any atom is -0.398 e. The van der Waals surface area contributed by atoms with Gasteiger partial charge in [-0.05, 0) is 46.6 Å². The summed E-state index contributed by atoms with van der Waals surface area (Å²) in [6, 6.07) is 6.49. The van der Waals surface area contributed by atoms with E-state index in [-0.39, 0.29) is 41.5 Å². The fourth-order valence-corrected chi connectivity index (χ4v) is 4.60. The summed E-state index contributed by atoms with van der Waals surface area (Å²) < 4.78 is 27.2. The molecule has 0 saturated carbocycles. The number of nitrogens with zero attached hydrogens (tertiary/aromatic N) is 4. The molecule has 4 rings (SSSR count). The van der Waals surface area contributed by atoms with E-state index in [0.717, 1.165) is 4.90 Å². The van der Waals surface area contributed by atoms with Gasteiger partial charge in [-0.15, -0.1) is 0 Å². The number of amides is 2. The first kappa shape index (κ1) is 27.8. The third-order valence-corrected chi connectivity index (χ3v) is 6.57. The zero-order valence-corrected chi connectivity index (χ0v) is 22.6. The zero-order valence-electron chi connectivity index (χ0n) is 20.1. The predicted molar refractivity (Wildman–Crippen MR) is 136 cm³/mol. The van der Waals surface area contributed by atoms with Crippen molar-refractivity contribution in [1.29, 1.82) is 0 Å². The molecule has 202 valence electrons. The van der Waals surface area contributed by atoms with Crippen LogP contribution in [0.3, 0.4) is 0 Å². The van der Waals surface area contributed by atoms with E-state index in [1.54, 1.807) is 24.3 Å². The lowest BCUT2D eigenvalue weighted by molar-refractivity contribution is -0.137. The Balaban J connectivity index is 1.59. The second-order valence-corrected chi connectivity index (χ2v) is 10.7. The summed E-state index contributed by atoms with van der Waals surface area (Å²) in [4.78, 5) is 66.6. The summed E-state index contributed by atoms with van der Waals surface area (Å²) in [5, 5.41) is 8.81. The number of likely N-dealkylation sites (tertiary alicyclic amines) is 1. The van der Waals surface area contributed by atoms with E-state index >= 15 is 0 Å². The molecule has 1 aliphatic heterocycles. The average molecular weight is 613 g/mol. The maximum Gasteiger partial charge on any atom is 0.432 e. The third-order valence-electron chi connectivity index (χ3n) is 5.80. The monoisotopic (exact) mass is 612 g/mol. The zero-order chi connectivity index (χ0) is 27.8. The number of ketones is 1. The first-order valence-electron chi connectivity index (χ1n) is 11.2. The van der Waals surface area contributed by atoms with Gasteiger partial charge < -0.3 is 24.8 Å². The topological polar surface area (TPSA) is 176 Å². The van der Waals surface area contributed by atoms with Gasteiger partial charge in [0.1, 0.15) is 40.6 Å². The Morgan fingerprint density at radius 2 is 2.00 bits per heavy atom.